The second-order valence-electron chi connectivity index (χ2n) is 4.02. The third-order valence-corrected chi connectivity index (χ3v) is 3.67. The molecule has 6 heteroatoms. The number of ether oxygens (including phenoxy) is 2. The number of hydrogen-bond acceptors (Lipinski definition) is 5. The van der Waals surface area contributed by atoms with E-state index in [1.807, 2.05) is 0 Å². The SMILES string of the molecule is CCOC(=O)COC(=O)c1ccc(-c2ccccc2F)s1. The predicted molar refractivity (Wildman–Crippen MR) is 76.6 cm³/mol. The molecule has 0 radical (unpaired) electrons. The van der Waals surface area contributed by atoms with Crippen molar-refractivity contribution in [3.63, 3.8) is 0 Å². The zero-order chi connectivity index (χ0) is 15.2. The molecule has 4 nitrogen and oxygen atoms in total. The smallest absolute Gasteiger partial charge is 0.348 e. The van der Waals surface area contributed by atoms with E-state index in [1.54, 1.807) is 37.3 Å². The summed E-state index contributed by atoms with van der Waals surface area (Å²) in [7, 11) is 0. The van der Waals surface area contributed by atoms with Crippen LogP contribution >= 0.6 is 11.3 Å². The average Bonchev–Trinajstić information content (AvgIpc) is 2.95. The summed E-state index contributed by atoms with van der Waals surface area (Å²) < 4.78 is 23.1. The Labute approximate surface area is 125 Å². The summed E-state index contributed by atoms with van der Waals surface area (Å²) in [6.45, 7) is 1.46. The lowest BCUT2D eigenvalue weighted by molar-refractivity contribution is -0.146. The van der Waals surface area contributed by atoms with Crippen molar-refractivity contribution in [2.45, 2.75) is 6.92 Å². The molecule has 0 aliphatic carbocycles. The van der Waals surface area contributed by atoms with E-state index in [2.05, 4.69) is 4.74 Å². The number of esters is 2. The molecule has 2 rings (SSSR count). The average molecular weight is 308 g/mol. The summed E-state index contributed by atoms with van der Waals surface area (Å²) in [5, 5.41) is 0. The highest BCUT2D eigenvalue weighted by molar-refractivity contribution is 7.17. The van der Waals surface area contributed by atoms with Crippen LogP contribution in [0.5, 0.6) is 0 Å². The zero-order valence-corrected chi connectivity index (χ0v) is 12.1. The minimum absolute atomic E-state index is 0.229. The first-order valence-corrected chi connectivity index (χ1v) is 7.11. The Morgan fingerprint density at radius 3 is 2.62 bits per heavy atom. The molecule has 0 unspecified atom stereocenters. The van der Waals surface area contributed by atoms with Gasteiger partial charge in [0.1, 0.15) is 10.7 Å². The van der Waals surface area contributed by atoms with Gasteiger partial charge in [-0.1, -0.05) is 18.2 Å². The molecule has 0 atom stereocenters. The minimum Gasteiger partial charge on any atom is -0.463 e. The maximum Gasteiger partial charge on any atom is 0.348 e. The molecule has 0 spiro atoms. The maximum atomic E-state index is 13.7. The predicted octanol–water partition coefficient (Wildman–Crippen LogP) is 3.27. The molecule has 1 aromatic heterocycles. The Kier molecular flexibility index (Phi) is 5.05. The molecule has 1 aromatic carbocycles. The number of carbonyl (C=O) groups is 2. The van der Waals surface area contributed by atoms with Crippen molar-refractivity contribution in [1.82, 2.24) is 0 Å². The fourth-order valence-corrected chi connectivity index (χ4v) is 2.58. The number of benzene rings is 1. The van der Waals surface area contributed by atoms with Crippen LogP contribution in [0.15, 0.2) is 36.4 Å². The number of carbonyl (C=O) groups excluding carboxylic acids is 2. The molecule has 0 aliphatic rings. The molecule has 0 saturated carbocycles. The summed E-state index contributed by atoms with van der Waals surface area (Å²) in [6.07, 6.45) is 0. The van der Waals surface area contributed by atoms with Crippen molar-refractivity contribution in [2.24, 2.45) is 0 Å². The van der Waals surface area contributed by atoms with Crippen LogP contribution in [-0.2, 0) is 14.3 Å². The first-order valence-electron chi connectivity index (χ1n) is 6.29. The van der Waals surface area contributed by atoms with E-state index >= 15 is 0 Å². The Balaban J connectivity index is 2.05. The summed E-state index contributed by atoms with van der Waals surface area (Å²) in [5.74, 6) is -1.59. The van der Waals surface area contributed by atoms with Gasteiger partial charge in [-0.25, -0.2) is 14.0 Å². The Morgan fingerprint density at radius 1 is 1.14 bits per heavy atom. The third-order valence-electron chi connectivity index (χ3n) is 2.57. The van der Waals surface area contributed by atoms with Gasteiger partial charge in [0.25, 0.3) is 0 Å². The Bertz CT molecular complexity index is 651. The van der Waals surface area contributed by atoms with E-state index < -0.39 is 18.5 Å². The van der Waals surface area contributed by atoms with Crippen LogP contribution in [0.3, 0.4) is 0 Å². The Hall–Kier alpha value is -2.21. The van der Waals surface area contributed by atoms with Crippen molar-refractivity contribution in [3.05, 3.63) is 47.1 Å². The molecule has 0 bridgehead atoms. The van der Waals surface area contributed by atoms with Crippen LogP contribution < -0.4 is 0 Å². The van der Waals surface area contributed by atoms with Crippen LogP contribution in [0.25, 0.3) is 10.4 Å². The van der Waals surface area contributed by atoms with Gasteiger partial charge in [0, 0.05) is 10.4 Å². The molecule has 110 valence electrons. The molecule has 0 amide bonds. The van der Waals surface area contributed by atoms with Crippen molar-refractivity contribution >= 4 is 23.3 Å². The monoisotopic (exact) mass is 308 g/mol. The molecular weight excluding hydrogens is 295 g/mol. The maximum absolute atomic E-state index is 13.7. The lowest BCUT2D eigenvalue weighted by Gasteiger charge is -2.02. The van der Waals surface area contributed by atoms with Gasteiger partial charge >= 0.3 is 11.9 Å². The highest BCUT2D eigenvalue weighted by Crippen LogP contribution is 2.30. The lowest BCUT2D eigenvalue weighted by atomic mass is 10.2. The highest BCUT2D eigenvalue weighted by Gasteiger charge is 2.15. The van der Waals surface area contributed by atoms with Gasteiger partial charge in [0.2, 0.25) is 0 Å². The van der Waals surface area contributed by atoms with Crippen molar-refractivity contribution < 1.29 is 23.5 Å². The highest BCUT2D eigenvalue weighted by atomic mass is 32.1. The van der Waals surface area contributed by atoms with E-state index in [0.717, 1.165) is 11.3 Å². The van der Waals surface area contributed by atoms with Crippen LogP contribution in [0.4, 0.5) is 4.39 Å². The van der Waals surface area contributed by atoms with Gasteiger partial charge in [0.05, 0.1) is 6.61 Å². The number of rotatable bonds is 5. The normalized spacial score (nSPS) is 10.2. The second kappa shape index (κ2) is 6.99. The van der Waals surface area contributed by atoms with Gasteiger partial charge in [-0.15, -0.1) is 11.3 Å². The molecule has 0 saturated heterocycles. The van der Waals surface area contributed by atoms with Gasteiger partial charge < -0.3 is 9.47 Å². The molecule has 21 heavy (non-hydrogen) atoms. The van der Waals surface area contributed by atoms with E-state index in [-0.39, 0.29) is 12.4 Å². The molecule has 0 N–H and O–H groups in total. The van der Waals surface area contributed by atoms with E-state index in [4.69, 9.17) is 4.74 Å². The Morgan fingerprint density at radius 2 is 1.90 bits per heavy atom. The second-order valence-corrected chi connectivity index (χ2v) is 5.11. The molecule has 2 aromatic rings. The first kappa shape index (κ1) is 15.2. The van der Waals surface area contributed by atoms with Crippen LogP contribution in [0.1, 0.15) is 16.6 Å². The van der Waals surface area contributed by atoms with Gasteiger partial charge in [0.15, 0.2) is 6.61 Å². The minimum atomic E-state index is -0.629. The van der Waals surface area contributed by atoms with Gasteiger partial charge in [-0.2, -0.15) is 0 Å². The van der Waals surface area contributed by atoms with Gasteiger partial charge in [-0.05, 0) is 25.1 Å². The zero-order valence-electron chi connectivity index (χ0n) is 11.3. The molecule has 0 fully saturated rings. The first-order chi connectivity index (χ1) is 10.1. The van der Waals surface area contributed by atoms with E-state index in [9.17, 15) is 14.0 Å². The fourth-order valence-electron chi connectivity index (χ4n) is 1.65. The topological polar surface area (TPSA) is 52.6 Å². The third kappa shape index (κ3) is 3.88. The van der Waals surface area contributed by atoms with Crippen molar-refractivity contribution in [2.75, 3.05) is 13.2 Å². The largest absolute Gasteiger partial charge is 0.463 e. The quantitative estimate of drug-likeness (QED) is 0.796. The van der Waals surface area contributed by atoms with E-state index in [1.165, 1.54) is 6.07 Å². The number of halogens is 1. The van der Waals surface area contributed by atoms with Crippen LogP contribution in [-0.4, -0.2) is 25.2 Å². The van der Waals surface area contributed by atoms with Crippen LogP contribution in [0.2, 0.25) is 0 Å². The summed E-state index contributed by atoms with van der Waals surface area (Å²) in [6, 6.07) is 9.49. The number of thiophene rings is 1. The fraction of sp³-hybridized carbons (Fsp3) is 0.200. The van der Waals surface area contributed by atoms with Gasteiger partial charge in [-0.3, -0.25) is 0 Å². The summed E-state index contributed by atoms with van der Waals surface area (Å²) in [5.41, 5.74) is 0.423. The van der Waals surface area contributed by atoms with Crippen LogP contribution in [0, 0.1) is 5.82 Å². The van der Waals surface area contributed by atoms with E-state index in [0.29, 0.717) is 15.3 Å². The number of hydrogen-bond donors (Lipinski definition) is 0. The molecule has 0 aliphatic heterocycles. The standard InChI is InChI=1S/C15H13FO4S/c1-2-19-14(17)9-20-15(18)13-8-7-12(21-13)10-5-3-4-6-11(10)16/h3-8H,2,9H2,1H3. The summed E-state index contributed by atoms with van der Waals surface area (Å²) in [4.78, 5) is 23.8. The summed E-state index contributed by atoms with van der Waals surface area (Å²) >= 11 is 1.11. The molecule has 1 heterocycles. The lowest BCUT2D eigenvalue weighted by Crippen LogP contribution is -2.15. The van der Waals surface area contributed by atoms with Crippen molar-refractivity contribution in [1.29, 1.82) is 0 Å². The molecular formula is C15H13FO4S. The van der Waals surface area contributed by atoms with Crippen molar-refractivity contribution in [3.8, 4) is 10.4 Å².